The SMILES string of the molecule is Cc1ccc(S(=O)(=O)N2C(=O)CC[C@@H]2C(=O)NC2CCCCC2)cc1C. The van der Waals surface area contributed by atoms with Gasteiger partial charge in [-0.3, -0.25) is 9.59 Å². The second kappa shape index (κ2) is 7.39. The predicted octanol–water partition coefficient (Wildman–Crippen LogP) is 2.43. The van der Waals surface area contributed by atoms with Crippen LogP contribution in [-0.2, 0) is 19.6 Å². The van der Waals surface area contributed by atoms with Crippen LogP contribution in [0.4, 0.5) is 0 Å². The molecule has 26 heavy (non-hydrogen) atoms. The van der Waals surface area contributed by atoms with E-state index in [1.54, 1.807) is 12.1 Å². The van der Waals surface area contributed by atoms with Crippen LogP contribution < -0.4 is 5.32 Å². The smallest absolute Gasteiger partial charge is 0.267 e. The molecule has 1 atom stereocenters. The van der Waals surface area contributed by atoms with Crippen LogP contribution in [0.3, 0.4) is 0 Å². The van der Waals surface area contributed by atoms with E-state index in [2.05, 4.69) is 5.32 Å². The van der Waals surface area contributed by atoms with Crippen LogP contribution in [0, 0.1) is 13.8 Å². The number of hydrogen-bond acceptors (Lipinski definition) is 4. The fraction of sp³-hybridized carbons (Fsp3) is 0.579. The normalized spacial score (nSPS) is 21.8. The number of aryl methyl sites for hydroxylation is 2. The van der Waals surface area contributed by atoms with Crippen LogP contribution in [0.5, 0.6) is 0 Å². The summed E-state index contributed by atoms with van der Waals surface area (Å²) in [5.41, 5.74) is 1.81. The lowest BCUT2D eigenvalue weighted by Crippen LogP contribution is -2.50. The van der Waals surface area contributed by atoms with Gasteiger partial charge in [0.05, 0.1) is 4.90 Å². The highest BCUT2D eigenvalue weighted by atomic mass is 32.2. The van der Waals surface area contributed by atoms with Crippen molar-refractivity contribution >= 4 is 21.8 Å². The third-order valence-electron chi connectivity index (χ3n) is 5.45. The molecule has 0 unspecified atom stereocenters. The van der Waals surface area contributed by atoms with Gasteiger partial charge in [0, 0.05) is 12.5 Å². The molecule has 0 radical (unpaired) electrons. The summed E-state index contributed by atoms with van der Waals surface area (Å²) in [7, 11) is -4.04. The van der Waals surface area contributed by atoms with Gasteiger partial charge in [0.25, 0.3) is 10.0 Å². The molecule has 2 aliphatic rings. The average Bonchev–Trinajstić information content (AvgIpc) is 3.00. The summed E-state index contributed by atoms with van der Waals surface area (Å²) in [4.78, 5) is 25.1. The largest absolute Gasteiger partial charge is 0.352 e. The lowest BCUT2D eigenvalue weighted by atomic mass is 9.95. The fourth-order valence-corrected chi connectivity index (χ4v) is 5.42. The number of nitrogens with zero attached hydrogens (tertiary/aromatic N) is 1. The topological polar surface area (TPSA) is 83.6 Å². The van der Waals surface area contributed by atoms with Gasteiger partial charge in [0.2, 0.25) is 11.8 Å². The number of carbonyl (C=O) groups is 2. The zero-order valence-electron chi connectivity index (χ0n) is 15.3. The fourth-order valence-electron chi connectivity index (χ4n) is 3.73. The molecule has 1 heterocycles. The van der Waals surface area contributed by atoms with Crippen molar-refractivity contribution in [3.63, 3.8) is 0 Å². The van der Waals surface area contributed by atoms with E-state index in [0.29, 0.717) is 0 Å². The van der Waals surface area contributed by atoms with E-state index in [-0.39, 0.29) is 29.7 Å². The predicted molar refractivity (Wildman–Crippen MR) is 98.0 cm³/mol. The maximum atomic E-state index is 13.0. The Kier molecular flexibility index (Phi) is 5.37. The minimum Gasteiger partial charge on any atom is -0.352 e. The number of hydrogen-bond donors (Lipinski definition) is 1. The van der Waals surface area contributed by atoms with Gasteiger partial charge in [0.15, 0.2) is 0 Å². The van der Waals surface area contributed by atoms with Crippen LogP contribution in [0.2, 0.25) is 0 Å². The Morgan fingerprint density at radius 1 is 1.08 bits per heavy atom. The van der Waals surface area contributed by atoms with Crippen LogP contribution >= 0.6 is 0 Å². The lowest BCUT2D eigenvalue weighted by Gasteiger charge is -2.28. The summed E-state index contributed by atoms with van der Waals surface area (Å²) >= 11 is 0. The second-order valence-corrected chi connectivity index (χ2v) is 9.15. The number of benzene rings is 1. The van der Waals surface area contributed by atoms with Gasteiger partial charge in [-0.15, -0.1) is 0 Å². The average molecular weight is 378 g/mol. The van der Waals surface area contributed by atoms with E-state index in [0.717, 1.165) is 41.1 Å². The van der Waals surface area contributed by atoms with E-state index < -0.39 is 22.0 Å². The molecule has 1 saturated carbocycles. The summed E-state index contributed by atoms with van der Waals surface area (Å²) in [5, 5.41) is 2.96. The van der Waals surface area contributed by atoms with Crippen LogP contribution in [0.25, 0.3) is 0 Å². The maximum absolute atomic E-state index is 13.0. The van der Waals surface area contributed by atoms with Gasteiger partial charge in [-0.05, 0) is 56.4 Å². The molecule has 2 amide bonds. The highest BCUT2D eigenvalue weighted by Gasteiger charge is 2.44. The van der Waals surface area contributed by atoms with Gasteiger partial charge in [-0.1, -0.05) is 25.3 Å². The molecular weight excluding hydrogens is 352 g/mol. The number of rotatable bonds is 4. The van der Waals surface area contributed by atoms with Crippen molar-refractivity contribution in [2.75, 3.05) is 0 Å². The Hall–Kier alpha value is -1.89. The van der Waals surface area contributed by atoms with Crippen molar-refractivity contribution < 1.29 is 18.0 Å². The monoisotopic (exact) mass is 378 g/mol. The molecule has 7 heteroatoms. The summed E-state index contributed by atoms with van der Waals surface area (Å²) in [6.07, 6.45) is 5.45. The number of amides is 2. The van der Waals surface area contributed by atoms with Crippen molar-refractivity contribution in [2.45, 2.75) is 75.8 Å². The van der Waals surface area contributed by atoms with Crippen molar-refractivity contribution in [1.29, 1.82) is 0 Å². The third-order valence-corrected chi connectivity index (χ3v) is 7.28. The zero-order chi connectivity index (χ0) is 18.9. The molecule has 0 aromatic heterocycles. The van der Waals surface area contributed by atoms with E-state index in [1.807, 2.05) is 13.8 Å². The summed E-state index contributed by atoms with van der Waals surface area (Å²) < 4.78 is 26.9. The highest BCUT2D eigenvalue weighted by molar-refractivity contribution is 7.89. The Labute approximate surface area is 155 Å². The van der Waals surface area contributed by atoms with Gasteiger partial charge >= 0.3 is 0 Å². The highest BCUT2D eigenvalue weighted by Crippen LogP contribution is 2.29. The van der Waals surface area contributed by atoms with Gasteiger partial charge < -0.3 is 5.32 Å². The molecular formula is C19H26N2O4S. The third kappa shape index (κ3) is 3.63. The minimum atomic E-state index is -4.04. The number of nitrogens with one attached hydrogen (secondary N) is 1. The maximum Gasteiger partial charge on any atom is 0.267 e. The van der Waals surface area contributed by atoms with Crippen LogP contribution in [-0.4, -0.2) is 36.6 Å². The molecule has 0 spiro atoms. The molecule has 142 valence electrons. The standard InChI is InChI=1S/C19H26N2O4S/c1-13-8-9-16(12-14(13)2)26(24,25)21-17(10-11-18(21)22)19(23)20-15-6-4-3-5-7-15/h8-9,12,15,17H,3-7,10-11H2,1-2H3,(H,20,23)/t17-/m1/s1. The first-order valence-corrected chi connectivity index (χ1v) is 10.7. The molecule has 1 aromatic rings. The molecule has 1 saturated heterocycles. The molecule has 1 aliphatic heterocycles. The minimum absolute atomic E-state index is 0.0614. The van der Waals surface area contributed by atoms with Crippen molar-refractivity contribution in [2.24, 2.45) is 0 Å². The van der Waals surface area contributed by atoms with E-state index in [4.69, 9.17) is 0 Å². The van der Waals surface area contributed by atoms with Gasteiger partial charge in [0.1, 0.15) is 6.04 Å². The zero-order valence-corrected chi connectivity index (χ0v) is 16.1. The molecule has 1 aromatic carbocycles. The van der Waals surface area contributed by atoms with Crippen molar-refractivity contribution in [3.8, 4) is 0 Å². The lowest BCUT2D eigenvalue weighted by molar-refractivity contribution is -0.131. The van der Waals surface area contributed by atoms with E-state index in [9.17, 15) is 18.0 Å². The summed E-state index contributed by atoms with van der Waals surface area (Å²) in [6, 6.07) is 3.92. The first-order valence-electron chi connectivity index (χ1n) is 9.25. The molecule has 0 bridgehead atoms. The Morgan fingerprint density at radius 2 is 1.77 bits per heavy atom. The van der Waals surface area contributed by atoms with Crippen LogP contribution in [0.1, 0.15) is 56.1 Å². The summed E-state index contributed by atoms with van der Waals surface area (Å²) in [5.74, 6) is -0.859. The van der Waals surface area contributed by atoms with E-state index >= 15 is 0 Å². The number of sulfonamides is 1. The van der Waals surface area contributed by atoms with E-state index in [1.165, 1.54) is 12.5 Å². The van der Waals surface area contributed by atoms with Gasteiger partial charge in [-0.2, -0.15) is 0 Å². The summed E-state index contributed by atoms with van der Waals surface area (Å²) in [6.45, 7) is 3.72. The van der Waals surface area contributed by atoms with Crippen molar-refractivity contribution in [3.05, 3.63) is 29.3 Å². The Morgan fingerprint density at radius 3 is 2.42 bits per heavy atom. The van der Waals surface area contributed by atoms with Crippen molar-refractivity contribution in [1.82, 2.24) is 9.62 Å². The quantitative estimate of drug-likeness (QED) is 0.872. The number of carbonyl (C=O) groups excluding carboxylic acids is 2. The van der Waals surface area contributed by atoms with Gasteiger partial charge in [-0.25, -0.2) is 12.7 Å². The first-order chi connectivity index (χ1) is 12.3. The molecule has 1 N–H and O–H groups in total. The van der Waals surface area contributed by atoms with Crippen LogP contribution in [0.15, 0.2) is 23.1 Å². The molecule has 1 aliphatic carbocycles. The second-order valence-electron chi connectivity index (χ2n) is 7.34. The Balaban J connectivity index is 1.84. The molecule has 2 fully saturated rings. The molecule has 3 rings (SSSR count). The first kappa shape index (κ1) is 18.9. The molecule has 6 nitrogen and oxygen atoms in total. The Bertz CT molecular complexity index is 813.